The Balaban J connectivity index is 1.44. The summed E-state index contributed by atoms with van der Waals surface area (Å²) in [7, 11) is 0. The highest BCUT2D eigenvalue weighted by atomic mass is 16.5. The van der Waals surface area contributed by atoms with Crippen molar-refractivity contribution >= 4 is 17.6 Å². The lowest BCUT2D eigenvalue weighted by Crippen LogP contribution is -2.25. The van der Waals surface area contributed by atoms with Crippen molar-refractivity contribution in [3.05, 3.63) is 59.7 Å². The van der Waals surface area contributed by atoms with Crippen molar-refractivity contribution in [2.75, 3.05) is 23.3 Å². The number of pyridine rings is 1. The maximum absolute atomic E-state index is 5.75. The molecular weight excluding hydrogens is 418 g/mol. The van der Waals surface area contributed by atoms with E-state index in [0.717, 1.165) is 66.6 Å². The number of anilines is 3. The molecule has 1 aliphatic heterocycles. The summed E-state index contributed by atoms with van der Waals surface area (Å²) >= 11 is 0. The molecule has 0 unspecified atom stereocenters. The van der Waals surface area contributed by atoms with E-state index < -0.39 is 0 Å². The van der Waals surface area contributed by atoms with Crippen molar-refractivity contribution < 1.29 is 4.52 Å². The Labute approximate surface area is 191 Å². The molecule has 0 radical (unpaired) electrons. The predicted molar refractivity (Wildman–Crippen MR) is 125 cm³/mol. The fraction of sp³-hybridized carbons (Fsp3) is 0.348. The zero-order valence-electron chi connectivity index (χ0n) is 18.5. The van der Waals surface area contributed by atoms with Gasteiger partial charge >= 0.3 is 0 Å². The summed E-state index contributed by atoms with van der Waals surface area (Å²) in [5.74, 6) is 2.88. The van der Waals surface area contributed by atoms with Gasteiger partial charge in [-0.25, -0.2) is 4.98 Å². The molecular formula is C23H27N9O. The zero-order valence-corrected chi connectivity index (χ0v) is 18.5. The maximum Gasteiger partial charge on any atom is 0.228 e. The van der Waals surface area contributed by atoms with Gasteiger partial charge in [-0.2, -0.15) is 10.1 Å². The Morgan fingerprint density at radius 3 is 2.91 bits per heavy atom. The van der Waals surface area contributed by atoms with Crippen LogP contribution < -0.4 is 16.0 Å². The van der Waals surface area contributed by atoms with Crippen LogP contribution in [0.3, 0.4) is 0 Å². The van der Waals surface area contributed by atoms with E-state index in [1.807, 2.05) is 43.3 Å². The number of H-pyrrole nitrogens is 1. The maximum atomic E-state index is 5.75. The first-order valence-corrected chi connectivity index (χ1v) is 11.2. The van der Waals surface area contributed by atoms with Crippen LogP contribution in [0, 0.1) is 6.92 Å². The number of nitrogens with two attached hydrogens (primary N) is 1. The van der Waals surface area contributed by atoms with Crippen LogP contribution in [0.5, 0.6) is 0 Å². The van der Waals surface area contributed by atoms with Gasteiger partial charge in [-0.05, 0) is 51.3 Å². The second-order valence-corrected chi connectivity index (χ2v) is 8.18. The minimum absolute atomic E-state index is 0.0141. The minimum Gasteiger partial charge on any atom is -0.358 e. The van der Waals surface area contributed by atoms with Crippen LogP contribution in [0.2, 0.25) is 0 Å². The SMILES string of the molecule is Cc1cc(Nc2cc(CCCN)nc(N3CCC[C@H]3c3cc(-c4ccccn4)no3)n2)n[nH]1. The van der Waals surface area contributed by atoms with Crippen LogP contribution in [0.25, 0.3) is 11.4 Å². The molecule has 170 valence electrons. The predicted octanol–water partition coefficient (Wildman–Crippen LogP) is 3.53. The topological polar surface area (TPSA) is 135 Å². The smallest absolute Gasteiger partial charge is 0.228 e. The number of aromatic nitrogens is 6. The van der Waals surface area contributed by atoms with Gasteiger partial charge < -0.3 is 20.5 Å². The average molecular weight is 446 g/mol. The van der Waals surface area contributed by atoms with Crippen molar-refractivity contribution in [3.63, 3.8) is 0 Å². The fourth-order valence-corrected chi connectivity index (χ4v) is 4.08. The second-order valence-electron chi connectivity index (χ2n) is 8.18. The van der Waals surface area contributed by atoms with Gasteiger partial charge in [0, 0.05) is 42.3 Å². The lowest BCUT2D eigenvalue weighted by molar-refractivity contribution is 0.362. The standard InChI is InChI=1S/C23H27N9O/c1-15-12-22(30-29-15)27-21-13-16(6-4-9-24)26-23(28-21)32-11-5-8-19(32)20-14-18(31-33-20)17-7-2-3-10-25-17/h2-3,7,10,12-14,19H,4-6,8-9,11,24H2,1H3,(H2,26,27,28,29,30)/t19-/m0/s1. The molecule has 10 heteroatoms. The quantitative estimate of drug-likeness (QED) is 0.372. The van der Waals surface area contributed by atoms with E-state index in [1.54, 1.807) is 6.20 Å². The van der Waals surface area contributed by atoms with Crippen LogP contribution >= 0.6 is 0 Å². The van der Waals surface area contributed by atoms with Crippen molar-refractivity contribution in [1.29, 1.82) is 0 Å². The molecule has 5 rings (SSSR count). The van der Waals surface area contributed by atoms with E-state index >= 15 is 0 Å². The molecule has 1 saturated heterocycles. The third-order valence-corrected chi connectivity index (χ3v) is 5.66. The average Bonchev–Trinajstić information content (AvgIpc) is 3.59. The van der Waals surface area contributed by atoms with Gasteiger partial charge in [-0.3, -0.25) is 10.1 Å². The molecule has 10 nitrogen and oxygen atoms in total. The number of nitrogens with one attached hydrogen (secondary N) is 2. The number of hydrogen-bond donors (Lipinski definition) is 3. The van der Waals surface area contributed by atoms with Gasteiger partial charge in [0.05, 0.1) is 11.7 Å². The molecule has 0 saturated carbocycles. The summed E-state index contributed by atoms with van der Waals surface area (Å²) in [5.41, 5.74) is 9.18. The van der Waals surface area contributed by atoms with Gasteiger partial charge in [0.25, 0.3) is 0 Å². The fourth-order valence-electron chi connectivity index (χ4n) is 4.08. The molecule has 33 heavy (non-hydrogen) atoms. The Bertz CT molecular complexity index is 1200. The van der Waals surface area contributed by atoms with Crippen LogP contribution in [-0.2, 0) is 6.42 Å². The van der Waals surface area contributed by atoms with Crippen LogP contribution in [-0.4, -0.2) is 43.4 Å². The molecule has 0 aromatic carbocycles. The molecule has 0 bridgehead atoms. The van der Waals surface area contributed by atoms with Gasteiger partial charge in [-0.1, -0.05) is 11.2 Å². The number of aryl methyl sites for hydroxylation is 2. The van der Waals surface area contributed by atoms with Crippen LogP contribution in [0.4, 0.5) is 17.6 Å². The normalized spacial score (nSPS) is 15.8. The van der Waals surface area contributed by atoms with Crippen LogP contribution in [0.1, 0.15) is 42.5 Å². The molecule has 1 fully saturated rings. The monoisotopic (exact) mass is 445 g/mol. The molecule has 4 N–H and O–H groups in total. The van der Waals surface area contributed by atoms with Gasteiger partial charge in [0.2, 0.25) is 5.95 Å². The molecule has 4 aromatic heterocycles. The summed E-state index contributed by atoms with van der Waals surface area (Å²) in [6.45, 7) is 3.41. The van der Waals surface area contributed by atoms with Crippen molar-refractivity contribution in [3.8, 4) is 11.4 Å². The number of rotatable bonds is 8. The van der Waals surface area contributed by atoms with E-state index in [0.29, 0.717) is 18.3 Å². The first-order valence-electron chi connectivity index (χ1n) is 11.2. The molecule has 1 atom stereocenters. The lowest BCUT2D eigenvalue weighted by Gasteiger charge is -2.23. The molecule has 0 spiro atoms. The molecule has 4 aromatic rings. The molecule has 0 aliphatic carbocycles. The molecule has 1 aliphatic rings. The molecule has 5 heterocycles. The largest absolute Gasteiger partial charge is 0.358 e. The third-order valence-electron chi connectivity index (χ3n) is 5.66. The first-order chi connectivity index (χ1) is 16.2. The Morgan fingerprint density at radius 1 is 1.18 bits per heavy atom. The third kappa shape index (κ3) is 4.70. The van der Waals surface area contributed by atoms with Crippen molar-refractivity contribution in [2.24, 2.45) is 5.73 Å². The Morgan fingerprint density at radius 2 is 2.12 bits per heavy atom. The first kappa shape index (κ1) is 21.1. The number of nitrogens with zero attached hydrogens (tertiary/aromatic N) is 6. The van der Waals surface area contributed by atoms with Crippen molar-refractivity contribution in [2.45, 2.75) is 38.6 Å². The number of hydrogen-bond acceptors (Lipinski definition) is 9. The van der Waals surface area contributed by atoms with Gasteiger partial charge in [0.15, 0.2) is 11.6 Å². The zero-order chi connectivity index (χ0) is 22.6. The summed E-state index contributed by atoms with van der Waals surface area (Å²) in [4.78, 5) is 16.2. The highest BCUT2D eigenvalue weighted by Crippen LogP contribution is 2.36. The van der Waals surface area contributed by atoms with Gasteiger partial charge in [0.1, 0.15) is 11.5 Å². The van der Waals surface area contributed by atoms with E-state index in [1.165, 1.54) is 0 Å². The number of aromatic amines is 1. The second kappa shape index (κ2) is 9.37. The Kier molecular flexibility index (Phi) is 5.99. The van der Waals surface area contributed by atoms with Crippen molar-refractivity contribution in [1.82, 2.24) is 30.3 Å². The van der Waals surface area contributed by atoms with E-state index in [2.05, 4.69) is 30.6 Å². The summed E-state index contributed by atoms with van der Waals surface area (Å²) in [6, 6.07) is 11.6. The summed E-state index contributed by atoms with van der Waals surface area (Å²) in [5, 5.41) is 14.7. The summed E-state index contributed by atoms with van der Waals surface area (Å²) in [6.07, 6.45) is 5.35. The van der Waals surface area contributed by atoms with E-state index in [9.17, 15) is 0 Å². The highest BCUT2D eigenvalue weighted by molar-refractivity contribution is 5.56. The minimum atomic E-state index is 0.0141. The van der Waals surface area contributed by atoms with Crippen LogP contribution in [0.15, 0.2) is 47.1 Å². The highest BCUT2D eigenvalue weighted by Gasteiger charge is 2.32. The van der Waals surface area contributed by atoms with E-state index in [4.69, 9.17) is 20.2 Å². The Hall–Kier alpha value is -3.79. The lowest BCUT2D eigenvalue weighted by atomic mass is 10.1. The van der Waals surface area contributed by atoms with E-state index in [-0.39, 0.29) is 6.04 Å². The molecule has 0 amide bonds. The van der Waals surface area contributed by atoms with Gasteiger partial charge in [-0.15, -0.1) is 0 Å². The summed E-state index contributed by atoms with van der Waals surface area (Å²) < 4.78 is 5.75.